The molecule has 0 aliphatic carbocycles. The van der Waals surface area contributed by atoms with E-state index in [1.807, 2.05) is 0 Å². The highest BCUT2D eigenvalue weighted by atomic mass is 35.5. The number of rotatable bonds is 7. The molecule has 154 valence electrons. The molecule has 1 N–H and O–H groups in total. The van der Waals surface area contributed by atoms with E-state index in [1.54, 1.807) is 24.3 Å². The summed E-state index contributed by atoms with van der Waals surface area (Å²) in [6.45, 7) is 2.70. The smallest absolute Gasteiger partial charge is 0.338 e. The summed E-state index contributed by atoms with van der Waals surface area (Å²) in [5, 5.41) is 3.02. The first-order valence-electron chi connectivity index (χ1n) is 9.09. The second-order valence-corrected chi connectivity index (χ2v) is 7.33. The molecule has 1 aliphatic rings. The molecule has 1 saturated heterocycles. The van der Waals surface area contributed by atoms with Crippen molar-refractivity contribution in [2.24, 2.45) is 0 Å². The van der Waals surface area contributed by atoms with E-state index < -0.39 is 18.0 Å². The van der Waals surface area contributed by atoms with E-state index in [4.69, 9.17) is 37.4 Å². The summed E-state index contributed by atoms with van der Waals surface area (Å²) in [5.74, 6) is -0.428. The maximum atomic E-state index is 12.3. The van der Waals surface area contributed by atoms with Crippen molar-refractivity contribution in [1.29, 1.82) is 0 Å². The largest absolute Gasteiger partial charge is 0.491 e. The average Bonchev–Trinajstić information content (AvgIpc) is 3.22. The van der Waals surface area contributed by atoms with Gasteiger partial charge in [-0.05, 0) is 50.1 Å². The highest BCUT2D eigenvalue weighted by molar-refractivity contribution is 6.36. The Bertz CT molecular complexity index is 870. The Kier molecular flexibility index (Phi) is 7.30. The number of ether oxygens (including phenoxy) is 3. The van der Waals surface area contributed by atoms with Crippen molar-refractivity contribution in [3.8, 4) is 5.75 Å². The van der Waals surface area contributed by atoms with Crippen LogP contribution in [-0.4, -0.2) is 42.3 Å². The van der Waals surface area contributed by atoms with Crippen LogP contribution in [0.1, 0.15) is 30.1 Å². The van der Waals surface area contributed by atoms with Gasteiger partial charge in [0.05, 0.1) is 21.7 Å². The molecule has 0 unspecified atom stereocenters. The highest BCUT2D eigenvalue weighted by Gasteiger charge is 2.21. The third-order valence-corrected chi connectivity index (χ3v) is 4.75. The van der Waals surface area contributed by atoms with Crippen molar-refractivity contribution in [2.45, 2.75) is 32.0 Å². The van der Waals surface area contributed by atoms with Crippen molar-refractivity contribution in [3.05, 3.63) is 52.1 Å². The molecule has 0 saturated carbocycles. The molecule has 2 heterocycles. The third-order valence-electron chi connectivity index (χ3n) is 4.25. The van der Waals surface area contributed by atoms with Crippen LogP contribution in [0.25, 0.3) is 0 Å². The molecule has 2 aromatic rings. The number of benzene rings is 1. The zero-order valence-electron chi connectivity index (χ0n) is 15.7. The molecule has 0 radical (unpaired) electrons. The lowest BCUT2D eigenvalue weighted by Crippen LogP contribution is -2.30. The number of carbonyl (C=O) groups excluding carboxylic acids is 2. The standard InChI is InChI=1S/C20H20Cl2N2O5/c1-12(19(25)24-18-17(22)9-14(21)10-23-18)29-20(26)13-4-6-15(7-5-13)28-11-16-3-2-8-27-16/h4-7,9-10,12,16H,2-3,8,11H2,1H3,(H,23,24,25)/t12-,16+/m1/s1. The van der Waals surface area contributed by atoms with Gasteiger partial charge in [0.15, 0.2) is 11.9 Å². The van der Waals surface area contributed by atoms with Crippen LogP contribution in [0.5, 0.6) is 5.75 Å². The van der Waals surface area contributed by atoms with E-state index >= 15 is 0 Å². The third kappa shape index (κ3) is 6.06. The van der Waals surface area contributed by atoms with E-state index in [0.717, 1.165) is 19.4 Å². The van der Waals surface area contributed by atoms with Gasteiger partial charge in [-0.1, -0.05) is 23.2 Å². The van der Waals surface area contributed by atoms with Gasteiger partial charge in [-0.2, -0.15) is 0 Å². The molecule has 1 fully saturated rings. The van der Waals surface area contributed by atoms with E-state index in [1.165, 1.54) is 19.2 Å². The number of amides is 1. The second kappa shape index (κ2) is 9.91. The van der Waals surface area contributed by atoms with Crippen molar-refractivity contribution in [1.82, 2.24) is 4.98 Å². The molecule has 29 heavy (non-hydrogen) atoms. The van der Waals surface area contributed by atoms with Crippen LogP contribution in [0.3, 0.4) is 0 Å². The molecule has 2 atom stereocenters. The van der Waals surface area contributed by atoms with E-state index in [-0.39, 0.29) is 16.9 Å². The number of hydrogen-bond donors (Lipinski definition) is 1. The molecule has 9 heteroatoms. The topological polar surface area (TPSA) is 86.8 Å². The Morgan fingerprint density at radius 1 is 1.31 bits per heavy atom. The van der Waals surface area contributed by atoms with Crippen molar-refractivity contribution in [3.63, 3.8) is 0 Å². The molecule has 0 spiro atoms. The Hall–Kier alpha value is -2.35. The van der Waals surface area contributed by atoms with Crippen molar-refractivity contribution < 1.29 is 23.8 Å². The number of nitrogens with one attached hydrogen (secondary N) is 1. The van der Waals surface area contributed by atoms with Crippen LogP contribution >= 0.6 is 23.2 Å². The predicted molar refractivity (Wildman–Crippen MR) is 109 cm³/mol. The van der Waals surface area contributed by atoms with Gasteiger partial charge in [0.1, 0.15) is 12.4 Å². The average molecular weight is 439 g/mol. The maximum absolute atomic E-state index is 12.3. The molecule has 1 aliphatic heterocycles. The Balaban J connectivity index is 1.51. The van der Waals surface area contributed by atoms with E-state index in [2.05, 4.69) is 10.3 Å². The first-order chi connectivity index (χ1) is 13.9. The van der Waals surface area contributed by atoms with Gasteiger partial charge in [-0.3, -0.25) is 4.79 Å². The van der Waals surface area contributed by atoms with Crippen LogP contribution in [-0.2, 0) is 14.3 Å². The van der Waals surface area contributed by atoms with E-state index in [0.29, 0.717) is 22.9 Å². The number of hydrogen-bond acceptors (Lipinski definition) is 6. The number of pyridine rings is 1. The molecule has 0 bridgehead atoms. The summed E-state index contributed by atoms with van der Waals surface area (Å²) < 4.78 is 16.4. The van der Waals surface area contributed by atoms with Gasteiger partial charge >= 0.3 is 5.97 Å². The maximum Gasteiger partial charge on any atom is 0.338 e. The first kappa shape index (κ1) is 21.4. The molecule has 3 rings (SSSR count). The zero-order chi connectivity index (χ0) is 20.8. The normalized spacial score (nSPS) is 16.9. The summed E-state index contributed by atoms with van der Waals surface area (Å²) in [5.41, 5.74) is 0.303. The molecule has 1 aromatic heterocycles. The molecule has 1 aromatic carbocycles. The Labute approximate surface area is 178 Å². The second-order valence-electron chi connectivity index (χ2n) is 6.49. The number of halogens is 2. The number of carbonyl (C=O) groups is 2. The van der Waals surface area contributed by atoms with Gasteiger partial charge in [-0.15, -0.1) is 0 Å². The predicted octanol–water partition coefficient (Wildman–Crippen LogP) is 4.13. The van der Waals surface area contributed by atoms with Crippen molar-refractivity contribution in [2.75, 3.05) is 18.5 Å². The van der Waals surface area contributed by atoms with Gasteiger partial charge in [0.25, 0.3) is 5.91 Å². The quantitative estimate of drug-likeness (QED) is 0.653. The van der Waals surface area contributed by atoms with Gasteiger partial charge < -0.3 is 19.5 Å². The minimum Gasteiger partial charge on any atom is -0.491 e. The summed E-state index contributed by atoms with van der Waals surface area (Å²) in [6, 6.07) is 7.96. The molecular weight excluding hydrogens is 419 g/mol. The van der Waals surface area contributed by atoms with Gasteiger partial charge in [0.2, 0.25) is 0 Å². The molecule has 7 nitrogen and oxygen atoms in total. The van der Waals surface area contributed by atoms with Crippen LogP contribution in [0, 0.1) is 0 Å². The van der Waals surface area contributed by atoms with Crippen LogP contribution in [0.4, 0.5) is 5.82 Å². The summed E-state index contributed by atoms with van der Waals surface area (Å²) >= 11 is 11.7. The fourth-order valence-electron chi connectivity index (χ4n) is 2.66. The lowest BCUT2D eigenvalue weighted by molar-refractivity contribution is -0.123. The molecular formula is C20H20Cl2N2O5. The number of nitrogens with zero attached hydrogens (tertiary/aromatic N) is 1. The van der Waals surface area contributed by atoms with Crippen LogP contribution < -0.4 is 10.1 Å². The highest BCUT2D eigenvalue weighted by Crippen LogP contribution is 2.23. The first-order valence-corrected chi connectivity index (χ1v) is 9.85. The lowest BCUT2D eigenvalue weighted by atomic mass is 10.2. The van der Waals surface area contributed by atoms with E-state index in [9.17, 15) is 9.59 Å². The van der Waals surface area contributed by atoms with Crippen molar-refractivity contribution >= 4 is 40.9 Å². The number of esters is 1. The molecule has 1 amide bonds. The fraction of sp³-hybridized carbons (Fsp3) is 0.350. The van der Waals surface area contributed by atoms with Gasteiger partial charge in [0, 0.05) is 12.8 Å². The lowest BCUT2D eigenvalue weighted by Gasteiger charge is -2.14. The van der Waals surface area contributed by atoms with Crippen LogP contribution in [0.15, 0.2) is 36.5 Å². The number of aromatic nitrogens is 1. The Morgan fingerprint density at radius 2 is 2.07 bits per heavy atom. The fourth-order valence-corrected chi connectivity index (χ4v) is 3.09. The number of anilines is 1. The van der Waals surface area contributed by atoms with Gasteiger partial charge in [-0.25, -0.2) is 9.78 Å². The minimum absolute atomic E-state index is 0.114. The monoisotopic (exact) mass is 438 g/mol. The Morgan fingerprint density at radius 3 is 2.72 bits per heavy atom. The summed E-state index contributed by atoms with van der Waals surface area (Å²) in [6.07, 6.45) is 2.45. The van der Waals surface area contributed by atoms with Crippen LogP contribution in [0.2, 0.25) is 10.0 Å². The summed E-state index contributed by atoms with van der Waals surface area (Å²) in [7, 11) is 0. The minimum atomic E-state index is -1.05. The summed E-state index contributed by atoms with van der Waals surface area (Å²) in [4.78, 5) is 28.4. The SMILES string of the molecule is C[C@@H](OC(=O)c1ccc(OC[C@@H]2CCCO2)cc1)C(=O)Nc1ncc(Cl)cc1Cl. The zero-order valence-corrected chi connectivity index (χ0v) is 17.2.